The smallest absolute Gasteiger partial charge is 0.391 e. The molecule has 0 saturated heterocycles. The Kier molecular flexibility index (Phi) is 50.7. The van der Waals surface area contributed by atoms with Crippen LogP contribution in [0.25, 0.3) is 0 Å². The predicted octanol–water partition coefficient (Wildman–Crippen LogP) is 18.2. The van der Waals surface area contributed by atoms with E-state index in [1.807, 2.05) is 21.1 Å². The van der Waals surface area contributed by atoms with Crippen LogP contribution >= 0.6 is 7.82 Å². The molecule has 0 saturated carbocycles. The molecule has 0 radical (unpaired) electrons. The molecule has 0 aliphatic rings. The molecule has 1 amide bonds. The number of carbonyl (C=O) groups is 1. The Labute approximate surface area is 429 Å². The molecular weight excluding hydrogens is 876 g/mol. The van der Waals surface area contributed by atoms with Gasteiger partial charge in [0.1, 0.15) is 13.2 Å². The third-order valence-corrected chi connectivity index (χ3v) is 14.6. The number of aliphatic hydroxyl groups excluding tert-OH is 1. The lowest BCUT2D eigenvalue weighted by Crippen LogP contribution is -2.46. The number of phosphoric ester groups is 1. The van der Waals surface area contributed by atoms with Gasteiger partial charge >= 0.3 is 7.82 Å². The van der Waals surface area contributed by atoms with Crippen molar-refractivity contribution in [3.05, 3.63) is 36.5 Å². The molecule has 3 unspecified atom stereocenters. The monoisotopic (exact) mass is 994 g/mol. The van der Waals surface area contributed by atoms with E-state index >= 15 is 0 Å². The van der Waals surface area contributed by atoms with Crippen LogP contribution in [0.1, 0.15) is 290 Å². The van der Waals surface area contributed by atoms with Crippen molar-refractivity contribution in [3.63, 3.8) is 0 Å². The number of amides is 1. The Balaban J connectivity index is 3.92. The van der Waals surface area contributed by atoms with Gasteiger partial charge in [-0.15, -0.1) is 0 Å². The number of rotatable bonds is 55. The minimum absolute atomic E-state index is 0.0763. The van der Waals surface area contributed by atoms with Crippen LogP contribution in [0.2, 0.25) is 0 Å². The minimum Gasteiger partial charge on any atom is -0.391 e. The summed E-state index contributed by atoms with van der Waals surface area (Å²) in [4.78, 5) is 23.3. The van der Waals surface area contributed by atoms with Crippen molar-refractivity contribution in [2.24, 2.45) is 0 Å². The van der Waals surface area contributed by atoms with E-state index in [0.717, 1.165) is 51.4 Å². The zero-order valence-electron chi connectivity index (χ0n) is 46.6. The summed E-state index contributed by atoms with van der Waals surface area (Å²) in [5, 5.41) is 14.0. The highest BCUT2D eigenvalue weighted by Crippen LogP contribution is 2.43. The first-order chi connectivity index (χ1) is 33.5. The highest BCUT2D eigenvalue weighted by Gasteiger charge is 2.28. The summed E-state index contributed by atoms with van der Waals surface area (Å²) >= 11 is 0. The molecule has 8 nitrogen and oxygen atoms in total. The van der Waals surface area contributed by atoms with Crippen LogP contribution in [0.3, 0.4) is 0 Å². The first-order valence-corrected chi connectivity index (χ1v) is 31.3. The van der Waals surface area contributed by atoms with Crippen molar-refractivity contribution >= 4 is 13.7 Å². The van der Waals surface area contributed by atoms with Gasteiger partial charge in [0.05, 0.1) is 39.9 Å². The minimum atomic E-state index is -4.32. The SMILES string of the molecule is CCCCCCC/C=C\C/C=C\C/C=C\CCCCCCCCCCCCCCCCCCCCCCC(=O)NC(COP(=O)(O)OCC[N+](C)(C)C)C(O)CCCCCCCCCCCCCC. The summed E-state index contributed by atoms with van der Waals surface area (Å²) in [7, 11) is 1.63. The van der Waals surface area contributed by atoms with Gasteiger partial charge in [-0.05, 0) is 51.4 Å². The number of quaternary nitrogens is 1. The van der Waals surface area contributed by atoms with Gasteiger partial charge in [0, 0.05) is 6.42 Å². The van der Waals surface area contributed by atoms with Crippen LogP contribution in [0.15, 0.2) is 36.5 Å². The van der Waals surface area contributed by atoms with Crippen LogP contribution in [0.5, 0.6) is 0 Å². The molecule has 0 heterocycles. The van der Waals surface area contributed by atoms with Gasteiger partial charge in [-0.25, -0.2) is 4.57 Å². The molecule has 3 N–H and O–H groups in total. The lowest BCUT2D eigenvalue weighted by Gasteiger charge is -2.26. The van der Waals surface area contributed by atoms with Crippen molar-refractivity contribution in [2.45, 2.75) is 302 Å². The fourth-order valence-corrected chi connectivity index (χ4v) is 9.67. The second kappa shape index (κ2) is 51.6. The number of likely N-dealkylation sites (N-methyl/N-ethyl adjacent to an activating group) is 1. The maximum Gasteiger partial charge on any atom is 0.472 e. The van der Waals surface area contributed by atoms with E-state index < -0.39 is 20.0 Å². The molecule has 0 aliphatic heterocycles. The molecule has 0 aromatic carbocycles. The molecule has 69 heavy (non-hydrogen) atoms. The van der Waals surface area contributed by atoms with E-state index in [0.29, 0.717) is 23.9 Å². The lowest BCUT2D eigenvalue weighted by atomic mass is 10.0. The van der Waals surface area contributed by atoms with Gasteiger partial charge in [0.15, 0.2) is 0 Å². The van der Waals surface area contributed by atoms with Crippen molar-refractivity contribution in [3.8, 4) is 0 Å². The Bertz CT molecular complexity index is 1220. The number of aliphatic hydroxyl groups is 1. The number of allylic oxidation sites excluding steroid dienone is 6. The van der Waals surface area contributed by atoms with Crippen LogP contribution in [-0.4, -0.2) is 73.4 Å². The Morgan fingerprint density at radius 2 is 0.826 bits per heavy atom. The van der Waals surface area contributed by atoms with E-state index in [2.05, 4.69) is 55.6 Å². The zero-order chi connectivity index (χ0) is 50.6. The van der Waals surface area contributed by atoms with E-state index in [1.165, 1.54) is 212 Å². The average molecular weight is 995 g/mol. The van der Waals surface area contributed by atoms with E-state index in [-0.39, 0.29) is 19.1 Å². The van der Waals surface area contributed by atoms with Gasteiger partial charge in [-0.3, -0.25) is 13.8 Å². The summed E-state index contributed by atoms with van der Waals surface area (Å²) < 4.78 is 23.7. The quantitative estimate of drug-likeness (QED) is 0.0243. The molecule has 0 aromatic rings. The number of hydrogen-bond donors (Lipinski definition) is 3. The number of nitrogens with zero attached hydrogens (tertiary/aromatic N) is 1. The molecule has 9 heteroatoms. The largest absolute Gasteiger partial charge is 0.472 e. The van der Waals surface area contributed by atoms with Crippen molar-refractivity contribution in [1.82, 2.24) is 5.32 Å². The van der Waals surface area contributed by atoms with Gasteiger partial charge in [-0.1, -0.05) is 269 Å². The average Bonchev–Trinajstić information content (AvgIpc) is 3.31. The second-order valence-electron chi connectivity index (χ2n) is 21.7. The molecule has 0 aromatic heterocycles. The van der Waals surface area contributed by atoms with Gasteiger partial charge < -0.3 is 19.8 Å². The molecule has 0 rings (SSSR count). The summed E-state index contributed by atoms with van der Waals surface area (Å²) in [6, 6.07) is -0.758. The number of unbranched alkanes of at least 4 members (excludes halogenated alkanes) is 36. The number of phosphoric acid groups is 1. The Hall–Kier alpha value is -1.28. The van der Waals surface area contributed by atoms with Gasteiger partial charge in [0.2, 0.25) is 5.91 Å². The summed E-state index contributed by atoms with van der Waals surface area (Å²) in [6.07, 6.45) is 66.5. The zero-order valence-corrected chi connectivity index (χ0v) is 47.5. The number of carbonyl (C=O) groups excluding carboxylic acids is 1. The Morgan fingerprint density at radius 1 is 0.493 bits per heavy atom. The predicted molar refractivity (Wildman–Crippen MR) is 300 cm³/mol. The summed E-state index contributed by atoms with van der Waals surface area (Å²) in [6.45, 7) is 4.89. The third-order valence-electron chi connectivity index (χ3n) is 13.6. The summed E-state index contributed by atoms with van der Waals surface area (Å²) in [5.41, 5.74) is 0. The molecule has 408 valence electrons. The number of hydrogen-bond acceptors (Lipinski definition) is 5. The van der Waals surface area contributed by atoms with Crippen molar-refractivity contribution in [1.29, 1.82) is 0 Å². The molecular formula is C60H118N2O6P+. The van der Waals surface area contributed by atoms with Crippen molar-refractivity contribution in [2.75, 3.05) is 40.9 Å². The normalized spacial score (nSPS) is 14.1. The highest BCUT2D eigenvalue weighted by atomic mass is 31.2. The fourth-order valence-electron chi connectivity index (χ4n) is 8.94. The van der Waals surface area contributed by atoms with Gasteiger partial charge in [-0.2, -0.15) is 0 Å². The standard InChI is InChI=1S/C60H117N2O6P/c1-6-8-10-12-14-16-18-20-21-22-23-24-25-26-27-28-29-30-31-32-33-34-35-36-37-38-39-40-41-42-44-46-48-50-52-54-60(64)61-58(57-68-69(65,66)67-56-55-62(3,4)5)59(63)53-51-49-47-45-43-19-17-15-13-11-9-7-2/h18,20,22-23,25-26,58-59,63H,6-17,19,21,24,27-57H2,1-5H3,(H-,61,64,65,66)/p+1/b20-18-,23-22-,26-25-. The Morgan fingerprint density at radius 3 is 1.20 bits per heavy atom. The maximum absolute atomic E-state index is 13.0. The highest BCUT2D eigenvalue weighted by molar-refractivity contribution is 7.47. The molecule has 0 fully saturated rings. The lowest BCUT2D eigenvalue weighted by molar-refractivity contribution is -0.870. The van der Waals surface area contributed by atoms with E-state index in [4.69, 9.17) is 9.05 Å². The van der Waals surface area contributed by atoms with Crippen LogP contribution < -0.4 is 5.32 Å². The van der Waals surface area contributed by atoms with Crippen molar-refractivity contribution < 1.29 is 32.9 Å². The first-order valence-electron chi connectivity index (χ1n) is 29.9. The topological polar surface area (TPSA) is 105 Å². The fraction of sp³-hybridized carbons (Fsp3) is 0.883. The molecule has 0 spiro atoms. The third kappa shape index (κ3) is 54.3. The second-order valence-corrected chi connectivity index (χ2v) is 23.2. The molecule has 3 atom stereocenters. The molecule has 0 aliphatic carbocycles. The van der Waals surface area contributed by atoms with Gasteiger partial charge in [0.25, 0.3) is 0 Å². The molecule has 0 bridgehead atoms. The number of nitrogens with one attached hydrogen (secondary N) is 1. The summed E-state index contributed by atoms with van der Waals surface area (Å²) in [5.74, 6) is -0.141. The maximum atomic E-state index is 13.0. The van der Waals surface area contributed by atoms with Crippen LogP contribution in [-0.2, 0) is 18.4 Å². The van der Waals surface area contributed by atoms with E-state index in [1.54, 1.807) is 0 Å². The van der Waals surface area contributed by atoms with Crippen LogP contribution in [0.4, 0.5) is 0 Å². The first kappa shape index (κ1) is 67.7. The van der Waals surface area contributed by atoms with Crippen LogP contribution in [0, 0.1) is 0 Å². The van der Waals surface area contributed by atoms with E-state index in [9.17, 15) is 19.4 Å².